The molecule has 4 rings (SSSR count). The van der Waals surface area contributed by atoms with Gasteiger partial charge in [-0.25, -0.2) is 0 Å². The standard InChI is InChI=1S/C25H31N5OS/c1-4-19-8-10-21(11-9-19)30-24(20-12-14-26-15-13-20)28-29-25(30)32-16-23(31)27-22-7-5-6-17(2)18(22)3/h8-15,17-18,22H,4-7,16H2,1-3H3,(H,27,31)/t17-,18-,22-/m0/s1. The van der Waals surface area contributed by atoms with Crippen LogP contribution in [0.15, 0.2) is 53.9 Å². The first kappa shape index (κ1) is 22.5. The van der Waals surface area contributed by atoms with Crippen molar-refractivity contribution in [2.24, 2.45) is 11.8 Å². The number of hydrogen-bond donors (Lipinski definition) is 1. The van der Waals surface area contributed by atoms with Crippen LogP contribution in [0.1, 0.15) is 45.6 Å². The number of thioether (sulfide) groups is 1. The van der Waals surface area contributed by atoms with Crippen LogP contribution >= 0.6 is 11.8 Å². The number of benzene rings is 1. The molecule has 1 fully saturated rings. The third-order valence-electron chi connectivity index (χ3n) is 6.56. The summed E-state index contributed by atoms with van der Waals surface area (Å²) in [7, 11) is 0. The second kappa shape index (κ2) is 10.3. The molecule has 32 heavy (non-hydrogen) atoms. The summed E-state index contributed by atoms with van der Waals surface area (Å²) in [5.74, 6) is 2.28. The van der Waals surface area contributed by atoms with Gasteiger partial charge in [0.15, 0.2) is 11.0 Å². The van der Waals surface area contributed by atoms with Gasteiger partial charge < -0.3 is 5.32 Å². The van der Waals surface area contributed by atoms with Crippen LogP contribution in [0.4, 0.5) is 0 Å². The van der Waals surface area contributed by atoms with Gasteiger partial charge in [0.05, 0.1) is 5.75 Å². The van der Waals surface area contributed by atoms with Gasteiger partial charge in [-0.2, -0.15) is 0 Å². The minimum Gasteiger partial charge on any atom is -0.352 e. The molecule has 7 heteroatoms. The summed E-state index contributed by atoms with van der Waals surface area (Å²) in [4.78, 5) is 16.9. The Morgan fingerprint density at radius 3 is 2.56 bits per heavy atom. The first-order chi connectivity index (χ1) is 15.6. The fourth-order valence-electron chi connectivity index (χ4n) is 4.33. The normalized spacial score (nSPS) is 20.8. The van der Waals surface area contributed by atoms with E-state index >= 15 is 0 Å². The van der Waals surface area contributed by atoms with E-state index in [2.05, 4.69) is 65.5 Å². The van der Waals surface area contributed by atoms with Gasteiger partial charge in [-0.3, -0.25) is 14.3 Å². The molecule has 168 valence electrons. The first-order valence-electron chi connectivity index (χ1n) is 11.4. The van der Waals surface area contributed by atoms with Gasteiger partial charge in [0.1, 0.15) is 0 Å². The molecule has 1 N–H and O–H groups in total. The maximum Gasteiger partial charge on any atom is 0.230 e. The highest BCUT2D eigenvalue weighted by Crippen LogP contribution is 2.30. The van der Waals surface area contributed by atoms with Crippen LogP contribution in [0, 0.1) is 11.8 Å². The van der Waals surface area contributed by atoms with E-state index in [0.29, 0.717) is 22.7 Å². The van der Waals surface area contributed by atoms with Crippen LogP contribution < -0.4 is 5.32 Å². The molecule has 1 aliphatic carbocycles. The van der Waals surface area contributed by atoms with E-state index in [9.17, 15) is 4.79 Å². The van der Waals surface area contributed by atoms with Gasteiger partial charge >= 0.3 is 0 Å². The summed E-state index contributed by atoms with van der Waals surface area (Å²) < 4.78 is 2.03. The molecule has 0 spiro atoms. The second-order valence-corrected chi connectivity index (χ2v) is 9.57. The molecule has 0 unspecified atom stereocenters. The molecule has 3 atom stereocenters. The van der Waals surface area contributed by atoms with Gasteiger partial charge in [-0.15, -0.1) is 10.2 Å². The van der Waals surface area contributed by atoms with Gasteiger partial charge in [0, 0.05) is 29.7 Å². The zero-order chi connectivity index (χ0) is 22.5. The number of hydrogen-bond acceptors (Lipinski definition) is 5. The van der Waals surface area contributed by atoms with Crippen molar-refractivity contribution in [3.63, 3.8) is 0 Å². The number of pyridine rings is 1. The maximum absolute atomic E-state index is 12.7. The van der Waals surface area contributed by atoms with E-state index in [1.807, 2.05) is 16.7 Å². The van der Waals surface area contributed by atoms with Crippen LogP contribution in [0.25, 0.3) is 17.1 Å². The summed E-state index contributed by atoms with van der Waals surface area (Å²) in [6, 6.07) is 12.5. The van der Waals surface area contributed by atoms with Crippen molar-refractivity contribution < 1.29 is 4.79 Å². The third-order valence-corrected chi connectivity index (χ3v) is 7.49. The Balaban J connectivity index is 1.54. The fourth-order valence-corrected chi connectivity index (χ4v) is 5.09. The van der Waals surface area contributed by atoms with Crippen LogP contribution in [-0.4, -0.2) is 37.5 Å². The molecular formula is C25H31N5OS. The minimum atomic E-state index is 0.0577. The average Bonchev–Trinajstić information content (AvgIpc) is 3.25. The van der Waals surface area contributed by atoms with E-state index in [0.717, 1.165) is 29.9 Å². The van der Waals surface area contributed by atoms with Crippen LogP contribution in [-0.2, 0) is 11.2 Å². The summed E-state index contributed by atoms with van der Waals surface area (Å²) in [6.45, 7) is 6.67. The zero-order valence-electron chi connectivity index (χ0n) is 19.0. The molecule has 2 heterocycles. The zero-order valence-corrected chi connectivity index (χ0v) is 19.8. The highest BCUT2D eigenvalue weighted by Gasteiger charge is 2.28. The van der Waals surface area contributed by atoms with E-state index < -0.39 is 0 Å². The van der Waals surface area contributed by atoms with Crippen molar-refractivity contribution in [1.29, 1.82) is 0 Å². The van der Waals surface area contributed by atoms with Gasteiger partial charge in [-0.1, -0.05) is 57.5 Å². The van der Waals surface area contributed by atoms with Crippen LogP contribution in [0.3, 0.4) is 0 Å². The van der Waals surface area contributed by atoms with Crippen molar-refractivity contribution in [2.75, 3.05) is 5.75 Å². The highest BCUT2D eigenvalue weighted by atomic mass is 32.2. The molecule has 0 radical (unpaired) electrons. The first-order valence-corrected chi connectivity index (χ1v) is 12.4. The Morgan fingerprint density at radius 2 is 1.84 bits per heavy atom. The molecule has 0 aliphatic heterocycles. The largest absolute Gasteiger partial charge is 0.352 e. The summed E-state index contributed by atoms with van der Waals surface area (Å²) >= 11 is 1.43. The van der Waals surface area contributed by atoms with Crippen molar-refractivity contribution in [3.8, 4) is 17.1 Å². The number of nitrogens with zero attached hydrogens (tertiary/aromatic N) is 4. The Labute approximate surface area is 194 Å². The number of rotatable bonds is 7. The quantitative estimate of drug-likeness (QED) is 0.518. The second-order valence-electron chi connectivity index (χ2n) is 8.63. The molecule has 1 amide bonds. The molecule has 1 aromatic carbocycles. The number of carbonyl (C=O) groups excluding carboxylic acids is 1. The molecule has 3 aromatic rings. The average molecular weight is 450 g/mol. The van der Waals surface area contributed by atoms with Gasteiger partial charge in [0.2, 0.25) is 5.91 Å². The predicted octanol–water partition coefficient (Wildman–Crippen LogP) is 4.92. The van der Waals surface area contributed by atoms with Crippen molar-refractivity contribution in [2.45, 2.75) is 57.7 Å². The SMILES string of the molecule is CCc1ccc(-n2c(SCC(=O)N[C@H]3CCC[C@H](C)[C@@H]3C)nnc2-c2ccncc2)cc1. The Morgan fingerprint density at radius 1 is 1.09 bits per heavy atom. The lowest BCUT2D eigenvalue weighted by Gasteiger charge is -2.34. The predicted molar refractivity (Wildman–Crippen MR) is 129 cm³/mol. The molecule has 6 nitrogen and oxygen atoms in total. The monoisotopic (exact) mass is 449 g/mol. The number of carbonyl (C=O) groups is 1. The van der Waals surface area contributed by atoms with E-state index in [1.165, 1.54) is 30.2 Å². The van der Waals surface area contributed by atoms with Crippen molar-refractivity contribution in [3.05, 3.63) is 54.4 Å². The lowest BCUT2D eigenvalue weighted by molar-refractivity contribution is -0.120. The summed E-state index contributed by atoms with van der Waals surface area (Å²) in [6.07, 6.45) is 7.98. The summed E-state index contributed by atoms with van der Waals surface area (Å²) in [5.41, 5.74) is 3.20. The molecular weight excluding hydrogens is 418 g/mol. The molecule has 1 aliphatic rings. The maximum atomic E-state index is 12.7. The van der Waals surface area contributed by atoms with E-state index in [4.69, 9.17) is 0 Å². The third kappa shape index (κ3) is 5.04. The highest BCUT2D eigenvalue weighted by molar-refractivity contribution is 7.99. The Kier molecular flexibility index (Phi) is 7.25. The minimum absolute atomic E-state index is 0.0577. The lowest BCUT2D eigenvalue weighted by Crippen LogP contribution is -2.44. The number of nitrogens with one attached hydrogen (secondary N) is 1. The Bertz CT molecular complexity index is 1030. The smallest absolute Gasteiger partial charge is 0.230 e. The lowest BCUT2D eigenvalue weighted by atomic mass is 9.78. The van der Waals surface area contributed by atoms with E-state index in [-0.39, 0.29) is 11.9 Å². The topological polar surface area (TPSA) is 72.7 Å². The fraction of sp³-hybridized carbons (Fsp3) is 0.440. The number of aryl methyl sites for hydroxylation is 1. The van der Waals surface area contributed by atoms with Crippen molar-refractivity contribution in [1.82, 2.24) is 25.1 Å². The molecule has 0 saturated heterocycles. The van der Waals surface area contributed by atoms with Crippen LogP contribution in [0.5, 0.6) is 0 Å². The number of amides is 1. The van der Waals surface area contributed by atoms with Crippen LogP contribution in [0.2, 0.25) is 0 Å². The van der Waals surface area contributed by atoms with E-state index in [1.54, 1.807) is 12.4 Å². The Hall–Kier alpha value is -2.67. The van der Waals surface area contributed by atoms with Crippen molar-refractivity contribution >= 4 is 17.7 Å². The van der Waals surface area contributed by atoms with Gasteiger partial charge in [0.25, 0.3) is 0 Å². The summed E-state index contributed by atoms with van der Waals surface area (Å²) in [5, 5.41) is 12.9. The molecule has 0 bridgehead atoms. The van der Waals surface area contributed by atoms with Gasteiger partial charge in [-0.05, 0) is 54.5 Å². The number of aromatic nitrogens is 4. The molecule has 1 saturated carbocycles. The molecule has 2 aromatic heterocycles.